The van der Waals surface area contributed by atoms with Gasteiger partial charge in [-0.05, 0) is 29.3 Å². The number of aliphatic hydroxyl groups excluding tert-OH is 1. The molecule has 1 unspecified atom stereocenters. The highest BCUT2D eigenvalue weighted by Crippen LogP contribution is 2.38. The maximum absolute atomic E-state index is 12.6. The molecule has 1 amide bonds. The van der Waals surface area contributed by atoms with Crippen molar-refractivity contribution in [2.75, 3.05) is 54.1 Å². The largest absolute Gasteiger partial charge is 0.493 e. The van der Waals surface area contributed by atoms with Gasteiger partial charge in [-0.1, -0.05) is 30.3 Å². The van der Waals surface area contributed by atoms with Gasteiger partial charge in [-0.15, -0.1) is 12.4 Å². The summed E-state index contributed by atoms with van der Waals surface area (Å²) in [5, 5.41) is 10.4. The number of carbonyl (C=O) groups excluding carboxylic acids is 1. The Hall–Kier alpha value is -2.74. The van der Waals surface area contributed by atoms with Gasteiger partial charge >= 0.3 is 0 Å². The van der Waals surface area contributed by atoms with Gasteiger partial charge in [-0.25, -0.2) is 0 Å². The van der Waals surface area contributed by atoms with Crippen molar-refractivity contribution in [3.05, 3.63) is 59.7 Å². The molecule has 1 aliphatic rings. The van der Waals surface area contributed by atoms with Crippen LogP contribution in [0.15, 0.2) is 48.5 Å². The second kappa shape index (κ2) is 12.3. The minimum absolute atomic E-state index is 0. The van der Waals surface area contributed by atoms with E-state index < -0.39 is 6.10 Å². The van der Waals surface area contributed by atoms with E-state index in [4.69, 9.17) is 14.2 Å². The summed E-state index contributed by atoms with van der Waals surface area (Å²) in [6.45, 7) is 3.27. The molecule has 7 nitrogen and oxygen atoms in total. The van der Waals surface area contributed by atoms with Crippen LogP contribution < -0.4 is 14.2 Å². The summed E-state index contributed by atoms with van der Waals surface area (Å²) in [6.07, 6.45) is 2.79. The molecule has 2 aromatic carbocycles. The maximum atomic E-state index is 12.6. The lowest BCUT2D eigenvalue weighted by molar-refractivity contribution is -0.127. The molecular weight excluding hydrogens is 432 g/mol. The van der Waals surface area contributed by atoms with Crippen molar-refractivity contribution in [1.82, 2.24) is 9.80 Å². The van der Waals surface area contributed by atoms with Crippen LogP contribution in [0.5, 0.6) is 17.2 Å². The van der Waals surface area contributed by atoms with Crippen molar-refractivity contribution in [3.63, 3.8) is 0 Å². The molecule has 0 saturated carbocycles. The second-order valence-corrected chi connectivity index (χ2v) is 7.34. The quantitative estimate of drug-likeness (QED) is 0.608. The van der Waals surface area contributed by atoms with Crippen LogP contribution in [0, 0.1) is 0 Å². The van der Waals surface area contributed by atoms with Crippen molar-refractivity contribution in [2.24, 2.45) is 0 Å². The van der Waals surface area contributed by atoms with Crippen molar-refractivity contribution >= 4 is 24.4 Å². The lowest BCUT2D eigenvalue weighted by Gasteiger charge is -2.35. The van der Waals surface area contributed by atoms with E-state index in [1.54, 1.807) is 45.6 Å². The van der Waals surface area contributed by atoms with Crippen LogP contribution in [0.1, 0.15) is 17.2 Å². The van der Waals surface area contributed by atoms with Crippen molar-refractivity contribution < 1.29 is 24.1 Å². The number of ether oxygens (including phenoxy) is 3. The maximum Gasteiger partial charge on any atom is 0.246 e. The molecule has 32 heavy (non-hydrogen) atoms. The number of nitrogens with zero attached hydrogens (tertiary/aromatic N) is 2. The highest BCUT2D eigenvalue weighted by Gasteiger charge is 2.22. The Kier molecular flexibility index (Phi) is 9.84. The van der Waals surface area contributed by atoms with Gasteiger partial charge in [0, 0.05) is 38.8 Å². The number of piperazine rings is 1. The highest BCUT2D eigenvalue weighted by atomic mass is 35.5. The topological polar surface area (TPSA) is 71.5 Å². The molecule has 1 N–H and O–H groups in total. The molecule has 1 atom stereocenters. The Morgan fingerprint density at radius 3 is 2.12 bits per heavy atom. The predicted molar refractivity (Wildman–Crippen MR) is 127 cm³/mol. The van der Waals surface area contributed by atoms with Crippen LogP contribution in [0.2, 0.25) is 0 Å². The molecule has 1 heterocycles. The van der Waals surface area contributed by atoms with Gasteiger partial charge in [0.05, 0.1) is 27.4 Å². The van der Waals surface area contributed by atoms with Gasteiger partial charge in [0.25, 0.3) is 0 Å². The normalized spacial score (nSPS) is 15.2. The number of aliphatic hydroxyl groups is 1. The minimum atomic E-state index is -0.525. The molecule has 174 valence electrons. The lowest BCUT2D eigenvalue weighted by atomic mass is 10.1. The second-order valence-electron chi connectivity index (χ2n) is 7.34. The fourth-order valence-corrected chi connectivity index (χ4v) is 3.65. The summed E-state index contributed by atoms with van der Waals surface area (Å²) in [5.41, 5.74) is 1.70. The Morgan fingerprint density at radius 2 is 1.59 bits per heavy atom. The van der Waals surface area contributed by atoms with E-state index in [1.807, 2.05) is 35.2 Å². The van der Waals surface area contributed by atoms with Crippen LogP contribution in [-0.4, -0.2) is 74.9 Å². The van der Waals surface area contributed by atoms with Crippen LogP contribution in [0.25, 0.3) is 6.08 Å². The van der Waals surface area contributed by atoms with E-state index in [-0.39, 0.29) is 18.3 Å². The molecule has 1 aliphatic heterocycles. The molecule has 0 aliphatic carbocycles. The Balaban J connectivity index is 0.00000363. The molecule has 1 saturated heterocycles. The zero-order chi connectivity index (χ0) is 22.2. The van der Waals surface area contributed by atoms with Crippen LogP contribution in [0.3, 0.4) is 0 Å². The number of carbonyl (C=O) groups is 1. The van der Waals surface area contributed by atoms with Gasteiger partial charge in [0.1, 0.15) is 0 Å². The van der Waals surface area contributed by atoms with Gasteiger partial charge in [-0.2, -0.15) is 0 Å². The first-order valence-electron chi connectivity index (χ1n) is 10.3. The number of benzene rings is 2. The number of hydrogen-bond donors (Lipinski definition) is 1. The third-order valence-corrected chi connectivity index (χ3v) is 5.40. The van der Waals surface area contributed by atoms with Crippen LogP contribution in [0.4, 0.5) is 0 Å². The van der Waals surface area contributed by atoms with Crippen LogP contribution in [-0.2, 0) is 4.79 Å². The van der Waals surface area contributed by atoms with Gasteiger partial charge in [0.2, 0.25) is 11.7 Å². The monoisotopic (exact) mass is 462 g/mol. The number of halogens is 1. The summed E-state index contributed by atoms with van der Waals surface area (Å²) >= 11 is 0. The van der Waals surface area contributed by atoms with Crippen LogP contribution >= 0.6 is 12.4 Å². The van der Waals surface area contributed by atoms with Crippen molar-refractivity contribution in [2.45, 2.75) is 6.10 Å². The van der Waals surface area contributed by atoms with Gasteiger partial charge < -0.3 is 24.2 Å². The Morgan fingerprint density at radius 1 is 1.00 bits per heavy atom. The summed E-state index contributed by atoms with van der Waals surface area (Å²) in [6, 6.07) is 13.2. The zero-order valence-electron chi connectivity index (χ0n) is 18.7. The fraction of sp³-hybridized carbons (Fsp3) is 0.375. The molecule has 0 bridgehead atoms. The fourth-order valence-electron chi connectivity index (χ4n) is 3.65. The van der Waals surface area contributed by atoms with E-state index in [9.17, 15) is 9.90 Å². The van der Waals surface area contributed by atoms with Gasteiger partial charge in [0.15, 0.2) is 11.5 Å². The average Bonchev–Trinajstić information content (AvgIpc) is 2.82. The Labute approximate surface area is 195 Å². The molecule has 0 aromatic heterocycles. The van der Waals surface area contributed by atoms with E-state index in [0.717, 1.165) is 24.2 Å². The SMILES string of the molecule is COc1cc(C=CC(=O)N2CCN(CC(O)c3ccccc3)CC2)cc(OC)c1OC.Cl. The molecule has 3 rings (SSSR count). The summed E-state index contributed by atoms with van der Waals surface area (Å²) in [5.74, 6) is 1.55. The number of hydrogen-bond acceptors (Lipinski definition) is 6. The average molecular weight is 463 g/mol. The molecule has 1 fully saturated rings. The predicted octanol–water partition coefficient (Wildman–Crippen LogP) is 3.03. The zero-order valence-corrected chi connectivity index (χ0v) is 19.5. The summed E-state index contributed by atoms with van der Waals surface area (Å²) < 4.78 is 16.0. The van der Waals surface area contributed by atoms with Crippen molar-refractivity contribution in [1.29, 1.82) is 0 Å². The molecule has 8 heteroatoms. The van der Waals surface area contributed by atoms with E-state index in [0.29, 0.717) is 36.9 Å². The standard InChI is InChI=1S/C24H30N2O5.ClH/c1-29-21-15-18(16-22(30-2)24(21)31-3)9-10-23(28)26-13-11-25(12-14-26)17-20(27)19-7-5-4-6-8-19;/h4-10,15-16,20,27H,11-14,17H2,1-3H3;1H. The Bertz CT molecular complexity index is 874. The summed E-state index contributed by atoms with van der Waals surface area (Å²) in [7, 11) is 4.67. The van der Waals surface area contributed by atoms with Gasteiger partial charge in [-0.3, -0.25) is 9.69 Å². The molecular formula is C24H31ClN2O5. The first kappa shape index (κ1) is 25.5. The first-order valence-corrected chi connectivity index (χ1v) is 10.3. The number of β-amino-alcohol motifs (C(OH)–C–C–N with tert-alkyl or cyclic N) is 1. The summed E-state index contributed by atoms with van der Waals surface area (Å²) in [4.78, 5) is 16.6. The molecule has 0 spiro atoms. The van der Waals surface area contributed by atoms with Crippen molar-refractivity contribution in [3.8, 4) is 17.2 Å². The van der Waals surface area contributed by atoms with E-state index in [1.165, 1.54) is 0 Å². The highest BCUT2D eigenvalue weighted by molar-refractivity contribution is 5.92. The van der Waals surface area contributed by atoms with E-state index >= 15 is 0 Å². The number of methoxy groups -OCH3 is 3. The third-order valence-electron chi connectivity index (χ3n) is 5.40. The first-order chi connectivity index (χ1) is 15.0. The number of rotatable bonds is 8. The number of amides is 1. The smallest absolute Gasteiger partial charge is 0.246 e. The minimum Gasteiger partial charge on any atom is -0.493 e. The van der Waals surface area contributed by atoms with E-state index in [2.05, 4.69) is 4.90 Å². The molecule has 0 radical (unpaired) electrons. The molecule has 2 aromatic rings. The lowest BCUT2D eigenvalue weighted by Crippen LogP contribution is -2.49. The third kappa shape index (κ3) is 6.38.